The number of alkyl carbamates (subject to hydrolysis) is 1. The lowest BCUT2D eigenvalue weighted by molar-refractivity contribution is 0.0456. The zero-order valence-electron chi connectivity index (χ0n) is 26.5. The Morgan fingerprint density at radius 2 is 1.80 bits per heavy atom. The highest BCUT2D eigenvalue weighted by Gasteiger charge is 2.36. The van der Waals surface area contributed by atoms with Crippen LogP contribution in [-0.2, 0) is 14.2 Å². The average Bonchev–Trinajstić information content (AvgIpc) is 3.58. The van der Waals surface area contributed by atoms with Crippen molar-refractivity contribution < 1.29 is 23.7 Å². The van der Waals surface area contributed by atoms with Crippen LogP contribution in [0.25, 0.3) is 10.4 Å². The van der Waals surface area contributed by atoms with Crippen LogP contribution in [0.1, 0.15) is 57.8 Å². The molecule has 240 valence electrons. The number of carbonyl (C=O) groups is 1. The molecule has 11 heteroatoms. The number of amides is 1. The summed E-state index contributed by atoms with van der Waals surface area (Å²) >= 11 is 1.54. The van der Waals surface area contributed by atoms with E-state index >= 15 is 0 Å². The summed E-state index contributed by atoms with van der Waals surface area (Å²) in [6.45, 7) is 11.6. The smallest absolute Gasteiger partial charge is 0.408 e. The highest BCUT2D eigenvalue weighted by atomic mass is 32.1. The molecule has 10 nitrogen and oxygen atoms in total. The van der Waals surface area contributed by atoms with Gasteiger partial charge in [0.2, 0.25) is 5.88 Å². The summed E-state index contributed by atoms with van der Waals surface area (Å²) in [5, 5.41) is 6.39. The average molecular weight is 634 g/mol. The Morgan fingerprint density at radius 1 is 1.07 bits per heavy atom. The molecule has 3 aromatic rings. The second-order valence-electron chi connectivity index (χ2n) is 12.1. The molecule has 2 aliphatic heterocycles. The maximum Gasteiger partial charge on any atom is 0.408 e. The van der Waals surface area contributed by atoms with Crippen LogP contribution in [0.3, 0.4) is 0 Å². The lowest BCUT2D eigenvalue weighted by Gasteiger charge is -2.37. The number of pyridine rings is 1. The zero-order chi connectivity index (χ0) is 31.6. The van der Waals surface area contributed by atoms with Gasteiger partial charge in [0.15, 0.2) is 0 Å². The summed E-state index contributed by atoms with van der Waals surface area (Å²) < 4.78 is 22.5. The van der Waals surface area contributed by atoms with Crippen LogP contribution in [0.5, 0.6) is 5.88 Å². The largest absolute Gasteiger partial charge is 0.475 e. The van der Waals surface area contributed by atoms with Crippen molar-refractivity contribution in [1.29, 1.82) is 0 Å². The van der Waals surface area contributed by atoms with Crippen LogP contribution in [0.4, 0.5) is 10.5 Å². The van der Waals surface area contributed by atoms with Gasteiger partial charge in [0.1, 0.15) is 24.5 Å². The van der Waals surface area contributed by atoms with Crippen molar-refractivity contribution in [3.8, 4) is 28.2 Å². The summed E-state index contributed by atoms with van der Waals surface area (Å²) in [7, 11) is 0. The van der Waals surface area contributed by atoms with Crippen molar-refractivity contribution in [1.82, 2.24) is 20.6 Å². The molecule has 2 aromatic heterocycles. The van der Waals surface area contributed by atoms with E-state index in [4.69, 9.17) is 18.9 Å². The summed E-state index contributed by atoms with van der Waals surface area (Å²) in [6, 6.07) is 13.0. The number of ether oxygens (including phenoxy) is 4. The zero-order valence-corrected chi connectivity index (χ0v) is 27.3. The van der Waals surface area contributed by atoms with Crippen LogP contribution < -0.4 is 20.3 Å². The second-order valence-corrected chi connectivity index (χ2v) is 13.0. The van der Waals surface area contributed by atoms with Gasteiger partial charge in [-0.1, -0.05) is 30.2 Å². The number of fused-ring (bicyclic) bond motifs is 2. The van der Waals surface area contributed by atoms with Gasteiger partial charge >= 0.3 is 6.09 Å². The number of piperazine rings is 1. The van der Waals surface area contributed by atoms with E-state index in [0.29, 0.717) is 50.1 Å². The van der Waals surface area contributed by atoms with E-state index in [-0.39, 0.29) is 12.6 Å². The van der Waals surface area contributed by atoms with Crippen LogP contribution in [0, 0.1) is 11.8 Å². The summed E-state index contributed by atoms with van der Waals surface area (Å²) in [6.07, 6.45) is 3.85. The van der Waals surface area contributed by atoms with Crippen LogP contribution in [0.2, 0.25) is 0 Å². The lowest BCUT2D eigenvalue weighted by atomic mass is 10.0. The molecule has 2 saturated heterocycles. The fraction of sp³-hybridized carbons (Fsp3) is 0.500. The van der Waals surface area contributed by atoms with E-state index in [2.05, 4.69) is 43.4 Å². The summed E-state index contributed by atoms with van der Waals surface area (Å²) in [5.41, 5.74) is 5.15. The second kappa shape index (κ2) is 15.5. The first-order valence-corrected chi connectivity index (χ1v) is 16.4. The van der Waals surface area contributed by atoms with Gasteiger partial charge in [0, 0.05) is 43.1 Å². The molecule has 5 rings (SSSR count). The summed E-state index contributed by atoms with van der Waals surface area (Å²) in [4.78, 5) is 24.4. The minimum Gasteiger partial charge on any atom is -0.475 e. The molecule has 0 aliphatic carbocycles. The Bertz CT molecular complexity index is 1450. The predicted octanol–water partition coefficient (Wildman–Crippen LogP) is 5.20. The predicted molar refractivity (Wildman–Crippen MR) is 176 cm³/mol. The monoisotopic (exact) mass is 633 g/mol. The third kappa shape index (κ3) is 9.41. The molecule has 3 atom stereocenters. The standard InChI is InChI=1S/C34H43N5O5S/c1-24(38-33(40)44-34(2,3)4)25-7-9-26(10-8-25)32-30(37-23-45-32)6-5-15-41-16-17-42-18-19-43-31-20-27(13-14-36-31)39-28-11-12-29(39)22-35-21-28/h7-10,13-14,20,23-24,28-29,35H,11-12,15-19,21-22H2,1-4H3,(H,38,40)/t24-,28?,29?/m0/s1. The molecular weight excluding hydrogens is 590 g/mol. The number of anilines is 1. The number of nitrogens with zero attached hydrogens (tertiary/aromatic N) is 3. The number of carbonyl (C=O) groups excluding carboxylic acids is 1. The molecular formula is C34H43N5O5S. The Labute approximate surface area is 269 Å². The maximum atomic E-state index is 12.1. The molecule has 1 amide bonds. The van der Waals surface area contributed by atoms with Gasteiger partial charge < -0.3 is 34.5 Å². The van der Waals surface area contributed by atoms with Gasteiger partial charge in [-0.25, -0.2) is 14.8 Å². The highest BCUT2D eigenvalue weighted by Crippen LogP contribution is 2.33. The van der Waals surface area contributed by atoms with E-state index in [1.165, 1.54) is 29.9 Å². The Kier molecular flexibility index (Phi) is 11.3. The van der Waals surface area contributed by atoms with Gasteiger partial charge in [-0.2, -0.15) is 0 Å². The van der Waals surface area contributed by atoms with Crippen molar-refractivity contribution >= 4 is 23.1 Å². The number of benzene rings is 1. The molecule has 2 bridgehead atoms. The Balaban J connectivity index is 0.981. The first-order chi connectivity index (χ1) is 21.8. The molecule has 2 fully saturated rings. The fourth-order valence-electron chi connectivity index (χ4n) is 5.54. The van der Waals surface area contributed by atoms with E-state index < -0.39 is 11.7 Å². The van der Waals surface area contributed by atoms with Crippen molar-refractivity contribution in [3.63, 3.8) is 0 Å². The molecule has 4 heterocycles. The van der Waals surface area contributed by atoms with Crippen molar-refractivity contribution in [2.75, 3.05) is 51.0 Å². The molecule has 45 heavy (non-hydrogen) atoms. The Morgan fingerprint density at radius 3 is 2.56 bits per heavy atom. The number of rotatable bonds is 12. The number of aromatic nitrogens is 2. The molecule has 2 N–H and O–H groups in total. The fourth-order valence-corrected chi connectivity index (χ4v) is 6.29. The first kappa shape index (κ1) is 32.7. The molecule has 0 radical (unpaired) electrons. The van der Waals surface area contributed by atoms with Crippen LogP contribution >= 0.6 is 11.3 Å². The molecule has 1 aromatic carbocycles. The van der Waals surface area contributed by atoms with Crippen molar-refractivity contribution in [3.05, 3.63) is 59.4 Å². The molecule has 0 spiro atoms. The normalized spacial score (nSPS) is 18.2. The van der Waals surface area contributed by atoms with E-state index in [0.717, 1.165) is 29.1 Å². The van der Waals surface area contributed by atoms with Gasteiger partial charge in [-0.15, -0.1) is 11.3 Å². The molecule has 0 saturated carbocycles. The third-order valence-corrected chi connectivity index (χ3v) is 8.48. The van der Waals surface area contributed by atoms with Crippen LogP contribution in [0.15, 0.2) is 48.1 Å². The van der Waals surface area contributed by atoms with E-state index in [1.807, 2.05) is 64.2 Å². The Hall–Kier alpha value is -3.69. The third-order valence-electron chi connectivity index (χ3n) is 7.60. The number of hydrogen-bond acceptors (Lipinski definition) is 10. The SMILES string of the molecule is C[C@H](NC(=O)OC(C)(C)C)c1ccc(-c2scnc2C#CCOCCOCCOc2cc(N3C4CCC3CNC4)ccn2)cc1. The summed E-state index contributed by atoms with van der Waals surface area (Å²) in [5.74, 6) is 6.80. The number of hydrogen-bond donors (Lipinski definition) is 2. The lowest BCUT2D eigenvalue weighted by Crippen LogP contribution is -2.52. The first-order valence-electron chi connectivity index (χ1n) is 15.5. The molecule has 2 unspecified atom stereocenters. The minimum absolute atomic E-state index is 0.185. The highest BCUT2D eigenvalue weighted by molar-refractivity contribution is 7.13. The van der Waals surface area contributed by atoms with Crippen molar-refractivity contribution in [2.45, 2.75) is 64.3 Å². The quantitative estimate of drug-likeness (QED) is 0.206. The van der Waals surface area contributed by atoms with Gasteiger partial charge in [0.25, 0.3) is 0 Å². The number of thiazole rings is 1. The van der Waals surface area contributed by atoms with E-state index in [9.17, 15) is 4.79 Å². The van der Waals surface area contributed by atoms with Crippen molar-refractivity contribution in [2.24, 2.45) is 0 Å². The van der Waals surface area contributed by atoms with Gasteiger partial charge in [0.05, 0.1) is 36.3 Å². The van der Waals surface area contributed by atoms with Gasteiger partial charge in [-0.3, -0.25) is 0 Å². The molecule has 2 aliphatic rings. The van der Waals surface area contributed by atoms with Crippen LogP contribution in [-0.4, -0.2) is 79.9 Å². The van der Waals surface area contributed by atoms with E-state index in [1.54, 1.807) is 5.51 Å². The minimum atomic E-state index is -0.539. The maximum absolute atomic E-state index is 12.1. The number of nitrogens with one attached hydrogen (secondary N) is 2. The van der Waals surface area contributed by atoms with Gasteiger partial charge in [-0.05, 0) is 63.7 Å². The topological polar surface area (TPSA) is 107 Å².